The van der Waals surface area contributed by atoms with Crippen molar-refractivity contribution in [2.24, 2.45) is 22.6 Å². The molecule has 0 rings (SSSR count). The van der Waals surface area contributed by atoms with Crippen LogP contribution in [0.3, 0.4) is 0 Å². The lowest BCUT2D eigenvalue weighted by atomic mass is 10.0. The van der Waals surface area contributed by atoms with E-state index in [-0.39, 0.29) is 0 Å². The Hall–Kier alpha value is -0.530. The van der Waals surface area contributed by atoms with Crippen LogP contribution in [0.5, 0.6) is 0 Å². The molecule has 0 spiro atoms. The van der Waals surface area contributed by atoms with Crippen LogP contribution in [0, 0.1) is 11.8 Å². The van der Waals surface area contributed by atoms with Crippen LogP contribution in [0.15, 0.2) is 4.99 Å². The SMILES string of the molecule is CCC(C)CC(C)N=C(N)C(C)C. The van der Waals surface area contributed by atoms with E-state index in [0.29, 0.717) is 12.0 Å². The van der Waals surface area contributed by atoms with Crippen LogP contribution in [0.25, 0.3) is 0 Å². The second kappa shape index (κ2) is 6.01. The van der Waals surface area contributed by atoms with E-state index in [4.69, 9.17) is 5.73 Å². The van der Waals surface area contributed by atoms with Gasteiger partial charge in [0.25, 0.3) is 0 Å². The third-order valence-electron chi connectivity index (χ3n) is 2.40. The van der Waals surface area contributed by atoms with Gasteiger partial charge in [-0.2, -0.15) is 0 Å². The minimum atomic E-state index is 0.373. The first-order valence-electron chi connectivity index (χ1n) is 5.30. The van der Waals surface area contributed by atoms with Crippen molar-refractivity contribution in [3.8, 4) is 0 Å². The predicted molar refractivity (Wildman–Crippen MR) is 60.0 cm³/mol. The molecule has 0 aromatic carbocycles. The number of hydrogen-bond donors (Lipinski definition) is 1. The predicted octanol–water partition coefficient (Wildman–Crippen LogP) is 2.82. The Morgan fingerprint density at radius 3 is 2.15 bits per heavy atom. The van der Waals surface area contributed by atoms with Crippen molar-refractivity contribution < 1.29 is 0 Å². The second-order valence-electron chi connectivity index (χ2n) is 4.31. The highest BCUT2D eigenvalue weighted by Gasteiger charge is 2.07. The van der Waals surface area contributed by atoms with Gasteiger partial charge in [-0.15, -0.1) is 0 Å². The lowest BCUT2D eigenvalue weighted by Crippen LogP contribution is -2.21. The highest BCUT2D eigenvalue weighted by atomic mass is 14.9. The topological polar surface area (TPSA) is 38.4 Å². The van der Waals surface area contributed by atoms with Crippen molar-refractivity contribution in [2.75, 3.05) is 0 Å². The van der Waals surface area contributed by atoms with Gasteiger partial charge in [0.05, 0.1) is 5.84 Å². The normalized spacial score (nSPS) is 17.5. The van der Waals surface area contributed by atoms with Crippen molar-refractivity contribution in [1.82, 2.24) is 0 Å². The number of nitrogens with zero attached hydrogens (tertiary/aromatic N) is 1. The quantitative estimate of drug-likeness (QED) is 0.518. The maximum absolute atomic E-state index is 5.78. The first kappa shape index (κ1) is 12.5. The molecule has 0 aromatic rings. The van der Waals surface area contributed by atoms with Crippen LogP contribution in [-0.2, 0) is 0 Å². The Balaban J connectivity index is 3.98. The molecule has 0 bridgehead atoms. The molecule has 2 N–H and O–H groups in total. The van der Waals surface area contributed by atoms with E-state index in [1.807, 2.05) is 0 Å². The molecule has 0 aliphatic heterocycles. The molecule has 2 atom stereocenters. The molecule has 0 fully saturated rings. The Kier molecular flexibility index (Phi) is 5.76. The van der Waals surface area contributed by atoms with Crippen LogP contribution in [0.4, 0.5) is 0 Å². The van der Waals surface area contributed by atoms with Gasteiger partial charge in [-0.05, 0) is 19.3 Å². The Labute approximate surface area is 82.6 Å². The standard InChI is InChI=1S/C11H24N2/c1-6-9(4)7-10(5)13-11(12)8(2)3/h8-10H,6-7H2,1-5H3,(H2,12,13). The summed E-state index contributed by atoms with van der Waals surface area (Å²) in [6.07, 6.45) is 2.37. The second-order valence-corrected chi connectivity index (χ2v) is 4.31. The summed E-state index contributed by atoms with van der Waals surface area (Å²) in [5.74, 6) is 1.91. The van der Waals surface area contributed by atoms with E-state index < -0.39 is 0 Å². The molecule has 2 nitrogen and oxygen atoms in total. The van der Waals surface area contributed by atoms with E-state index in [1.165, 1.54) is 6.42 Å². The molecule has 0 radical (unpaired) electrons. The summed E-state index contributed by atoms with van der Waals surface area (Å²) in [4.78, 5) is 4.46. The molecule has 0 heterocycles. The average Bonchev–Trinajstić information content (AvgIpc) is 2.03. The molecule has 13 heavy (non-hydrogen) atoms. The van der Waals surface area contributed by atoms with Crippen LogP contribution < -0.4 is 5.73 Å². The highest BCUT2D eigenvalue weighted by molar-refractivity contribution is 5.82. The molecule has 0 aliphatic rings. The molecule has 0 saturated carbocycles. The lowest BCUT2D eigenvalue weighted by molar-refractivity contribution is 0.469. The zero-order valence-electron chi connectivity index (χ0n) is 9.67. The summed E-state index contributed by atoms with van der Waals surface area (Å²) in [7, 11) is 0. The Morgan fingerprint density at radius 1 is 1.23 bits per heavy atom. The molecule has 78 valence electrons. The van der Waals surface area contributed by atoms with Gasteiger partial charge < -0.3 is 5.73 Å². The molecular weight excluding hydrogens is 160 g/mol. The summed E-state index contributed by atoms with van der Waals surface area (Å²) in [5, 5.41) is 0. The van der Waals surface area contributed by atoms with Gasteiger partial charge in [-0.1, -0.05) is 34.1 Å². The largest absolute Gasteiger partial charge is 0.387 e. The maximum Gasteiger partial charge on any atom is 0.0966 e. The molecular formula is C11H24N2. The van der Waals surface area contributed by atoms with Crippen molar-refractivity contribution in [2.45, 2.75) is 53.5 Å². The van der Waals surface area contributed by atoms with E-state index in [9.17, 15) is 0 Å². The maximum atomic E-state index is 5.78. The van der Waals surface area contributed by atoms with E-state index >= 15 is 0 Å². The Bertz CT molecular complexity index is 161. The van der Waals surface area contributed by atoms with Gasteiger partial charge in [0, 0.05) is 12.0 Å². The summed E-state index contributed by atoms with van der Waals surface area (Å²) in [5.41, 5.74) is 5.78. The van der Waals surface area contributed by atoms with Gasteiger partial charge in [-0.25, -0.2) is 0 Å². The first-order chi connectivity index (χ1) is 5.97. The fourth-order valence-electron chi connectivity index (χ4n) is 1.21. The summed E-state index contributed by atoms with van der Waals surface area (Å²) in [6.45, 7) is 10.8. The van der Waals surface area contributed by atoms with Crippen LogP contribution >= 0.6 is 0 Å². The van der Waals surface area contributed by atoms with Gasteiger partial charge in [0.15, 0.2) is 0 Å². The summed E-state index contributed by atoms with van der Waals surface area (Å²) >= 11 is 0. The molecule has 0 amide bonds. The van der Waals surface area contributed by atoms with Crippen molar-refractivity contribution in [3.05, 3.63) is 0 Å². The van der Waals surface area contributed by atoms with Crippen LogP contribution in [0.1, 0.15) is 47.5 Å². The monoisotopic (exact) mass is 184 g/mol. The van der Waals surface area contributed by atoms with Gasteiger partial charge in [0.2, 0.25) is 0 Å². The smallest absolute Gasteiger partial charge is 0.0966 e. The number of nitrogens with two attached hydrogens (primary N) is 1. The van der Waals surface area contributed by atoms with Crippen LogP contribution in [-0.4, -0.2) is 11.9 Å². The zero-order chi connectivity index (χ0) is 10.4. The van der Waals surface area contributed by atoms with Gasteiger partial charge in [-0.3, -0.25) is 4.99 Å². The van der Waals surface area contributed by atoms with Crippen molar-refractivity contribution in [1.29, 1.82) is 0 Å². The average molecular weight is 184 g/mol. The number of amidine groups is 1. The summed E-state index contributed by atoms with van der Waals surface area (Å²) in [6, 6.07) is 0.373. The van der Waals surface area contributed by atoms with E-state index in [0.717, 1.165) is 18.2 Å². The minimum absolute atomic E-state index is 0.373. The fourth-order valence-corrected chi connectivity index (χ4v) is 1.21. The highest BCUT2D eigenvalue weighted by Crippen LogP contribution is 2.12. The molecule has 0 saturated heterocycles. The van der Waals surface area contributed by atoms with Gasteiger partial charge in [0.1, 0.15) is 0 Å². The first-order valence-corrected chi connectivity index (χ1v) is 5.30. The Morgan fingerprint density at radius 2 is 1.77 bits per heavy atom. The number of hydrogen-bond acceptors (Lipinski definition) is 1. The zero-order valence-corrected chi connectivity index (χ0v) is 9.67. The molecule has 2 heteroatoms. The van der Waals surface area contributed by atoms with E-state index in [2.05, 4.69) is 39.6 Å². The molecule has 0 aliphatic carbocycles. The fraction of sp³-hybridized carbons (Fsp3) is 0.909. The third-order valence-corrected chi connectivity index (χ3v) is 2.40. The molecule has 2 unspecified atom stereocenters. The van der Waals surface area contributed by atoms with Crippen molar-refractivity contribution in [3.63, 3.8) is 0 Å². The minimum Gasteiger partial charge on any atom is -0.387 e. The molecule has 0 aromatic heterocycles. The van der Waals surface area contributed by atoms with E-state index in [1.54, 1.807) is 0 Å². The van der Waals surface area contributed by atoms with Crippen molar-refractivity contribution >= 4 is 5.84 Å². The van der Waals surface area contributed by atoms with Gasteiger partial charge >= 0.3 is 0 Å². The lowest BCUT2D eigenvalue weighted by Gasteiger charge is -2.14. The number of aliphatic imine (C=N–C) groups is 1. The van der Waals surface area contributed by atoms with Crippen LogP contribution in [0.2, 0.25) is 0 Å². The third kappa shape index (κ3) is 5.67. The number of rotatable bonds is 5. The summed E-state index contributed by atoms with van der Waals surface area (Å²) < 4.78 is 0.